The molecule has 7 heteroatoms. The third kappa shape index (κ3) is 2.60. The van der Waals surface area contributed by atoms with E-state index in [-0.39, 0.29) is 5.91 Å². The molecule has 1 amide bonds. The number of amides is 1. The van der Waals surface area contributed by atoms with Gasteiger partial charge in [0.15, 0.2) is 0 Å². The van der Waals surface area contributed by atoms with E-state index in [9.17, 15) is 4.79 Å². The van der Waals surface area contributed by atoms with Crippen LogP contribution in [0.3, 0.4) is 0 Å². The summed E-state index contributed by atoms with van der Waals surface area (Å²) in [5, 5.41) is 7.19. The van der Waals surface area contributed by atoms with Crippen molar-refractivity contribution in [2.75, 3.05) is 5.73 Å². The summed E-state index contributed by atoms with van der Waals surface area (Å²) in [5.74, 6) is 0.245. The number of aryl methyl sites for hydroxylation is 1. The van der Waals surface area contributed by atoms with Gasteiger partial charge < -0.3 is 11.1 Å². The SMILES string of the molecule is Cn1ncc(CNC(=O)c2ccc(Cl)cn2)c1N. The highest BCUT2D eigenvalue weighted by Crippen LogP contribution is 2.09. The second-order valence-corrected chi connectivity index (χ2v) is 4.16. The molecule has 0 fully saturated rings. The average molecular weight is 266 g/mol. The molecule has 0 aliphatic carbocycles. The van der Waals surface area contributed by atoms with Crippen LogP contribution in [0.2, 0.25) is 5.02 Å². The fourth-order valence-electron chi connectivity index (χ4n) is 1.40. The number of nitrogens with zero attached hydrogens (tertiary/aromatic N) is 3. The van der Waals surface area contributed by atoms with Gasteiger partial charge in [0.05, 0.1) is 11.2 Å². The van der Waals surface area contributed by atoms with E-state index in [0.29, 0.717) is 23.1 Å². The lowest BCUT2D eigenvalue weighted by atomic mass is 10.3. The zero-order chi connectivity index (χ0) is 13.1. The Morgan fingerprint density at radius 1 is 1.50 bits per heavy atom. The molecule has 0 spiro atoms. The maximum Gasteiger partial charge on any atom is 0.270 e. The largest absolute Gasteiger partial charge is 0.384 e. The van der Waals surface area contributed by atoms with Gasteiger partial charge in [-0.15, -0.1) is 0 Å². The van der Waals surface area contributed by atoms with E-state index in [0.717, 1.165) is 5.56 Å². The number of nitrogens with one attached hydrogen (secondary N) is 1. The van der Waals surface area contributed by atoms with Crippen LogP contribution in [0.15, 0.2) is 24.5 Å². The zero-order valence-electron chi connectivity index (χ0n) is 9.72. The van der Waals surface area contributed by atoms with Crippen LogP contribution in [-0.4, -0.2) is 20.7 Å². The van der Waals surface area contributed by atoms with Crippen molar-refractivity contribution in [3.8, 4) is 0 Å². The Bertz CT molecular complexity index is 563. The van der Waals surface area contributed by atoms with Gasteiger partial charge in [0, 0.05) is 25.4 Å². The van der Waals surface area contributed by atoms with Crippen LogP contribution in [-0.2, 0) is 13.6 Å². The molecule has 0 aliphatic heterocycles. The normalized spacial score (nSPS) is 10.3. The first-order chi connectivity index (χ1) is 8.58. The summed E-state index contributed by atoms with van der Waals surface area (Å²) in [7, 11) is 1.74. The highest BCUT2D eigenvalue weighted by atomic mass is 35.5. The molecule has 2 heterocycles. The first-order valence-electron chi connectivity index (χ1n) is 5.24. The Labute approximate surface area is 109 Å². The fraction of sp³-hybridized carbons (Fsp3) is 0.182. The summed E-state index contributed by atoms with van der Waals surface area (Å²) in [4.78, 5) is 15.7. The van der Waals surface area contributed by atoms with Gasteiger partial charge in [-0.25, -0.2) is 4.98 Å². The summed E-state index contributed by atoms with van der Waals surface area (Å²) in [6, 6.07) is 3.17. The molecule has 0 bridgehead atoms. The van der Waals surface area contributed by atoms with E-state index in [4.69, 9.17) is 17.3 Å². The number of hydrogen-bond donors (Lipinski definition) is 2. The maximum atomic E-state index is 11.8. The number of nitrogens with two attached hydrogens (primary N) is 1. The molecule has 2 rings (SSSR count). The molecule has 0 atom stereocenters. The van der Waals surface area contributed by atoms with Gasteiger partial charge in [-0.3, -0.25) is 9.48 Å². The number of carbonyl (C=O) groups is 1. The van der Waals surface area contributed by atoms with Gasteiger partial charge in [-0.2, -0.15) is 5.10 Å². The average Bonchev–Trinajstić information content (AvgIpc) is 2.68. The number of aromatic nitrogens is 3. The van der Waals surface area contributed by atoms with E-state index in [1.807, 2.05) is 0 Å². The second-order valence-electron chi connectivity index (χ2n) is 3.72. The van der Waals surface area contributed by atoms with Gasteiger partial charge in [0.1, 0.15) is 11.5 Å². The molecule has 0 unspecified atom stereocenters. The smallest absolute Gasteiger partial charge is 0.270 e. The minimum absolute atomic E-state index is 0.282. The van der Waals surface area contributed by atoms with Crippen LogP contribution < -0.4 is 11.1 Å². The van der Waals surface area contributed by atoms with E-state index in [1.54, 1.807) is 30.1 Å². The molecule has 2 aromatic rings. The van der Waals surface area contributed by atoms with E-state index >= 15 is 0 Å². The van der Waals surface area contributed by atoms with Crippen LogP contribution in [0.5, 0.6) is 0 Å². The molecule has 3 N–H and O–H groups in total. The molecule has 94 valence electrons. The minimum Gasteiger partial charge on any atom is -0.384 e. The van der Waals surface area contributed by atoms with E-state index < -0.39 is 0 Å². The molecule has 0 radical (unpaired) electrons. The Morgan fingerprint density at radius 3 is 2.83 bits per heavy atom. The number of hydrogen-bond acceptors (Lipinski definition) is 4. The summed E-state index contributed by atoms with van der Waals surface area (Å²) in [6.07, 6.45) is 3.04. The van der Waals surface area contributed by atoms with Crippen molar-refractivity contribution in [2.24, 2.45) is 7.05 Å². The van der Waals surface area contributed by atoms with Crippen LogP contribution in [0, 0.1) is 0 Å². The van der Waals surface area contributed by atoms with Crippen LogP contribution in [0.25, 0.3) is 0 Å². The van der Waals surface area contributed by atoms with Crippen molar-refractivity contribution >= 4 is 23.3 Å². The summed E-state index contributed by atoms with van der Waals surface area (Å²) >= 11 is 5.69. The third-order valence-electron chi connectivity index (χ3n) is 2.46. The first-order valence-corrected chi connectivity index (χ1v) is 5.62. The van der Waals surface area contributed by atoms with Gasteiger partial charge >= 0.3 is 0 Å². The van der Waals surface area contributed by atoms with E-state index in [2.05, 4.69) is 15.4 Å². The topological polar surface area (TPSA) is 85.8 Å². The molecule has 6 nitrogen and oxygen atoms in total. The number of nitrogen functional groups attached to an aromatic ring is 1. The predicted molar refractivity (Wildman–Crippen MR) is 68.0 cm³/mol. The Balaban J connectivity index is 2.00. The quantitative estimate of drug-likeness (QED) is 0.866. The number of anilines is 1. The van der Waals surface area contributed by atoms with Crippen LogP contribution in [0.1, 0.15) is 16.1 Å². The van der Waals surface area contributed by atoms with Crippen LogP contribution >= 0.6 is 11.6 Å². The molecule has 0 saturated carbocycles. The van der Waals surface area contributed by atoms with Crippen molar-refractivity contribution in [3.05, 3.63) is 40.8 Å². The highest BCUT2D eigenvalue weighted by Gasteiger charge is 2.09. The molecule has 18 heavy (non-hydrogen) atoms. The molecular weight excluding hydrogens is 254 g/mol. The predicted octanol–water partition coefficient (Wildman–Crippen LogP) is 0.981. The third-order valence-corrected chi connectivity index (χ3v) is 2.69. The van der Waals surface area contributed by atoms with E-state index in [1.165, 1.54) is 6.20 Å². The molecular formula is C11H12ClN5O. The Morgan fingerprint density at radius 2 is 2.28 bits per heavy atom. The molecule has 0 saturated heterocycles. The number of pyridine rings is 1. The van der Waals surface area contributed by atoms with Crippen molar-refractivity contribution < 1.29 is 4.79 Å². The molecule has 0 aromatic carbocycles. The lowest BCUT2D eigenvalue weighted by Crippen LogP contribution is -2.24. The number of rotatable bonds is 3. The lowest BCUT2D eigenvalue weighted by Gasteiger charge is -2.04. The van der Waals surface area contributed by atoms with Crippen molar-refractivity contribution in [1.82, 2.24) is 20.1 Å². The van der Waals surface area contributed by atoms with Gasteiger partial charge in [-0.1, -0.05) is 11.6 Å². The van der Waals surface area contributed by atoms with Gasteiger partial charge in [0.2, 0.25) is 0 Å². The second kappa shape index (κ2) is 5.05. The standard InChI is InChI=1S/C11H12ClN5O/c1-17-10(13)7(5-16-17)4-15-11(18)9-3-2-8(12)6-14-9/h2-3,5-6H,4,13H2,1H3,(H,15,18). The number of carbonyl (C=O) groups excluding carboxylic acids is 1. The Hall–Kier alpha value is -2.08. The first kappa shape index (κ1) is 12.4. The minimum atomic E-state index is -0.282. The monoisotopic (exact) mass is 265 g/mol. The molecule has 2 aromatic heterocycles. The summed E-state index contributed by atoms with van der Waals surface area (Å²) in [5.41, 5.74) is 6.83. The fourth-order valence-corrected chi connectivity index (χ4v) is 1.52. The van der Waals surface area contributed by atoms with Crippen molar-refractivity contribution in [3.63, 3.8) is 0 Å². The maximum absolute atomic E-state index is 11.8. The summed E-state index contributed by atoms with van der Waals surface area (Å²) in [6.45, 7) is 0.308. The molecule has 0 aliphatic rings. The van der Waals surface area contributed by atoms with Crippen molar-refractivity contribution in [1.29, 1.82) is 0 Å². The Kier molecular flexibility index (Phi) is 3.47. The zero-order valence-corrected chi connectivity index (χ0v) is 10.5. The number of halogens is 1. The summed E-state index contributed by atoms with van der Waals surface area (Å²) < 4.78 is 1.54. The van der Waals surface area contributed by atoms with Gasteiger partial charge in [-0.05, 0) is 12.1 Å². The highest BCUT2D eigenvalue weighted by molar-refractivity contribution is 6.30. The lowest BCUT2D eigenvalue weighted by molar-refractivity contribution is 0.0946. The van der Waals surface area contributed by atoms with Crippen molar-refractivity contribution in [2.45, 2.75) is 6.54 Å². The van der Waals surface area contributed by atoms with Crippen LogP contribution in [0.4, 0.5) is 5.82 Å². The van der Waals surface area contributed by atoms with Gasteiger partial charge in [0.25, 0.3) is 5.91 Å².